The first-order chi connectivity index (χ1) is 15.2. The molecule has 3 aromatic rings. The van der Waals surface area contributed by atoms with Crippen molar-refractivity contribution in [3.8, 4) is 5.69 Å². The first kappa shape index (κ1) is 21.9. The molecule has 6 nitrogen and oxygen atoms in total. The largest absolute Gasteiger partial charge is 0.336 e. The number of benzene rings is 2. The van der Waals surface area contributed by atoms with Crippen molar-refractivity contribution in [2.45, 2.75) is 20.8 Å². The number of nitrogens with one attached hydrogen (secondary N) is 1. The van der Waals surface area contributed by atoms with Gasteiger partial charge in [0, 0.05) is 17.1 Å². The quantitative estimate of drug-likeness (QED) is 0.415. The summed E-state index contributed by atoms with van der Waals surface area (Å²) in [4.78, 5) is 39.0. The number of anilines is 1. The number of hydrogen-bond donors (Lipinski definition) is 1. The minimum Gasteiger partial charge on any atom is -0.318 e. The van der Waals surface area contributed by atoms with Crippen molar-refractivity contribution in [2.75, 3.05) is 4.90 Å². The van der Waals surface area contributed by atoms with E-state index in [4.69, 9.17) is 23.2 Å². The molecule has 1 aliphatic rings. The molecule has 32 heavy (non-hydrogen) atoms. The summed E-state index contributed by atoms with van der Waals surface area (Å²) >= 11 is 12.3. The molecule has 4 rings (SSSR count). The summed E-state index contributed by atoms with van der Waals surface area (Å²) in [6.07, 6.45) is 1.49. The van der Waals surface area contributed by atoms with Crippen molar-refractivity contribution >= 4 is 52.8 Å². The third-order valence-corrected chi connectivity index (χ3v) is 6.15. The highest BCUT2D eigenvalue weighted by Gasteiger charge is 2.38. The molecule has 1 aromatic heterocycles. The molecule has 2 aromatic carbocycles. The van der Waals surface area contributed by atoms with Crippen LogP contribution in [0.4, 0.5) is 10.5 Å². The van der Waals surface area contributed by atoms with Crippen molar-refractivity contribution in [3.05, 3.63) is 86.7 Å². The first-order valence-corrected chi connectivity index (χ1v) is 10.6. The van der Waals surface area contributed by atoms with E-state index in [1.807, 2.05) is 55.7 Å². The third kappa shape index (κ3) is 3.72. The third-order valence-electron chi connectivity index (χ3n) is 5.34. The van der Waals surface area contributed by atoms with Gasteiger partial charge in [-0.15, -0.1) is 0 Å². The van der Waals surface area contributed by atoms with Gasteiger partial charge in [-0.25, -0.2) is 9.69 Å². The Kier molecular flexibility index (Phi) is 5.67. The molecule has 1 saturated heterocycles. The van der Waals surface area contributed by atoms with E-state index in [1.54, 1.807) is 12.1 Å². The minimum atomic E-state index is -0.883. The number of aromatic nitrogens is 1. The van der Waals surface area contributed by atoms with Gasteiger partial charge in [-0.05, 0) is 62.7 Å². The lowest BCUT2D eigenvalue weighted by Crippen LogP contribution is -2.54. The summed E-state index contributed by atoms with van der Waals surface area (Å²) in [7, 11) is 0. The van der Waals surface area contributed by atoms with E-state index in [9.17, 15) is 14.4 Å². The lowest BCUT2D eigenvalue weighted by molar-refractivity contribution is -0.122. The van der Waals surface area contributed by atoms with Crippen LogP contribution in [0, 0.1) is 20.8 Å². The van der Waals surface area contributed by atoms with Gasteiger partial charge in [0.15, 0.2) is 0 Å². The summed E-state index contributed by atoms with van der Waals surface area (Å²) < 4.78 is 2.04. The number of aryl methyl sites for hydroxylation is 2. The highest BCUT2D eigenvalue weighted by Crippen LogP contribution is 2.34. The zero-order valence-corrected chi connectivity index (χ0v) is 19.1. The fraction of sp³-hybridized carbons (Fsp3) is 0.125. The topological polar surface area (TPSA) is 71.4 Å². The predicted molar refractivity (Wildman–Crippen MR) is 125 cm³/mol. The molecule has 2 heterocycles. The Hall–Kier alpha value is -3.35. The molecule has 1 N–H and O–H groups in total. The molecule has 0 saturated carbocycles. The molecule has 1 fully saturated rings. The molecule has 0 aliphatic carbocycles. The van der Waals surface area contributed by atoms with Crippen LogP contribution in [0.25, 0.3) is 11.8 Å². The van der Waals surface area contributed by atoms with Crippen LogP contribution in [0.5, 0.6) is 0 Å². The van der Waals surface area contributed by atoms with Crippen molar-refractivity contribution in [1.82, 2.24) is 9.88 Å². The second-order valence-corrected chi connectivity index (χ2v) is 8.31. The number of halogens is 2. The van der Waals surface area contributed by atoms with Crippen molar-refractivity contribution in [3.63, 3.8) is 0 Å². The SMILES string of the molecule is Cc1ccc(-n2c(C)cc(/C=C3\C(=O)NC(=O)N(c4cccc(Cl)c4Cl)C3=O)c2C)cc1. The summed E-state index contributed by atoms with van der Waals surface area (Å²) in [5.74, 6) is -1.54. The second kappa shape index (κ2) is 8.30. The van der Waals surface area contributed by atoms with E-state index in [1.165, 1.54) is 12.1 Å². The van der Waals surface area contributed by atoms with Crippen LogP contribution in [0.3, 0.4) is 0 Å². The van der Waals surface area contributed by atoms with Crippen LogP contribution in [-0.2, 0) is 9.59 Å². The van der Waals surface area contributed by atoms with E-state index in [2.05, 4.69) is 5.32 Å². The number of amides is 4. The fourth-order valence-corrected chi connectivity index (χ4v) is 4.10. The molecule has 1 aliphatic heterocycles. The van der Waals surface area contributed by atoms with Crippen LogP contribution in [0.2, 0.25) is 10.0 Å². The van der Waals surface area contributed by atoms with E-state index >= 15 is 0 Å². The standard InChI is InChI=1S/C24H19Cl2N3O3/c1-13-7-9-17(10-8-13)28-14(2)11-16(15(28)3)12-18-22(30)27-24(32)29(23(18)31)20-6-4-5-19(25)21(20)26/h4-12H,1-3H3,(H,27,30,32)/b18-12+. The van der Waals surface area contributed by atoms with Gasteiger partial charge in [-0.2, -0.15) is 0 Å². The maximum Gasteiger partial charge on any atom is 0.336 e. The Bertz CT molecular complexity index is 1310. The van der Waals surface area contributed by atoms with Crippen molar-refractivity contribution < 1.29 is 14.4 Å². The van der Waals surface area contributed by atoms with Gasteiger partial charge in [-0.3, -0.25) is 14.9 Å². The normalized spacial score (nSPS) is 15.5. The lowest BCUT2D eigenvalue weighted by Gasteiger charge is -2.27. The summed E-state index contributed by atoms with van der Waals surface area (Å²) in [6.45, 7) is 5.86. The van der Waals surface area contributed by atoms with Crippen LogP contribution in [0.15, 0.2) is 54.1 Å². The van der Waals surface area contributed by atoms with Crippen LogP contribution >= 0.6 is 23.2 Å². The highest BCUT2D eigenvalue weighted by molar-refractivity contribution is 6.46. The molecule has 0 radical (unpaired) electrons. The van der Waals surface area contributed by atoms with Crippen LogP contribution < -0.4 is 10.2 Å². The van der Waals surface area contributed by atoms with E-state index in [0.29, 0.717) is 5.56 Å². The maximum absolute atomic E-state index is 13.2. The molecular formula is C24H19Cl2N3O3. The number of urea groups is 1. The number of carbonyl (C=O) groups is 3. The lowest BCUT2D eigenvalue weighted by atomic mass is 10.1. The smallest absolute Gasteiger partial charge is 0.318 e. The number of hydrogen-bond acceptors (Lipinski definition) is 3. The van der Waals surface area contributed by atoms with Gasteiger partial charge in [0.25, 0.3) is 11.8 Å². The Morgan fingerprint density at radius 3 is 2.31 bits per heavy atom. The van der Waals surface area contributed by atoms with Gasteiger partial charge < -0.3 is 4.57 Å². The van der Waals surface area contributed by atoms with Gasteiger partial charge in [0.2, 0.25) is 0 Å². The second-order valence-electron chi connectivity index (χ2n) is 7.53. The molecule has 0 atom stereocenters. The maximum atomic E-state index is 13.2. The zero-order chi connectivity index (χ0) is 23.2. The Morgan fingerprint density at radius 2 is 1.62 bits per heavy atom. The molecule has 162 valence electrons. The molecule has 8 heteroatoms. The molecule has 0 spiro atoms. The molecular weight excluding hydrogens is 449 g/mol. The summed E-state index contributed by atoms with van der Waals surface area (Å²) in [6, 6.07) is 13.6. The molecule has 4 amide bonds. The minimum absolute atomic E-state index is 0.0453. The van der Waals surface area contributed by atoms with Gasteiger partial charge >= 0.3 is 6.03 Å². The van der Waals surface area contributed by atoms with E-state index < -0.39 is 17.8 Å². The van der Waals surface area contributed by atoms with E-state index in [-0.39, 0.29) is 21.3 Å². The number of nitrogens with zero attached hydrogens (tertiary/aromatic N) is 2. The Labute approximate surface area is 195 Å². The average molecular weight is 468 g/mol. The monoisotopic (exact) mass is 467 g/mol. The number of carbonyl (C=O) groups excluding carboxylic acids is 3. The van der Waals surface area contributed by atoms with Crippen LogP contribution in [-0.4, -0.2) is 22.4 Å². The number of imide groups is 2. The fourth-order valence-electron chi connectivity index (χ4n) is 3.72. The van der Waals surface area contributed by atoms with Gasteiger partial charge in [0.1, 0.15) is 5.57 Å². The number of barbiturate groups is 1. The summed E-state index contributed by atoms with van der Waals surface area (Å²) in [5.41, 5.74) is 4.52. The van der Waals surface area contributed by atoms with Crippen molar-refractivity contribution in [2.24, 2.45) is 0 Å². The van der Waals surface area contributed by atoms with Crippen molar-refractivity contribution in [1.29, 1.82) is 0 Å². The first-order valence-electron chi connectivity index (χ1n) is 9.80. The van der Waals surface area contributed by atoms with E-state index in [0.717, 1.165) is 27.5 Å². The van der Waals surface area contributed by atoms with Gasteiger partial charge in [0.05, 0.1) is 15.7 Å². The number of rotatable bonds is 3. The van der Waals surface area contributed by atoms with Gasteiger partial charge in [-0.1, -0.05) is 47.0 Å². The Morgan fingerprint density at radius 1 is 0.938 bits per heavy atom. The highest BCUT2D eigenvalue weighted by atomic mass is 35.5. The summed E-state index contributed by atoms with van der Waals surface area (Å²) in [5, 5.41) is 2.44. The molecule has 0 unspecified atom stereocenters. The molecule has 0 bridgehead atoms. The average Bonchev–Trinajstić information content (AvgIpc) is 3.02. The predicted octanol–water partition coefficient (Wildman–Crippen LogP) is 5.38. The Balaban J connectivity index is 1.78. The zero-order valence-electron chi connectivity index (χ0n) is 17.6. The van der Waals surface area contributed by atoms with Crippen LogP contribution in [0.1, 0.15) is 22.5 Å².